The minimum atomic E-state index is -3.90. The van der Waals surface area contributed by atoms with E-state index in [1.807, 2.05) is 18.2 Å². The molecule has 1 aromatic heterocycles. The lowest BCUT2D eigenvalue weighted by Gasteiger charge is -2.17. The Labute approximate surface area is 201 Å². The SMILES string of the molecule is CC(=O)c1ccc(S(=O)(=O)N(C)CC(=O)Nc2ccc3nc(-c4ccccc4Cl)[nH]c3c2)cc1. The van der Waals surface area contributed by atoms with Crippen LogP contribution in [-0.2, 0) is 14.8 Å². The quantitative estimate of drug-likeness (QED) is 0.369. The molecule has 0 spiro atoms. The lowest BCUT2D eigenvalue weighted by Crippen LogP contribution is -2.35. The molecule has 0 radical (unpaired) electrons. The highest BCUT2D eigenvalue weighted by atomic mass is 35.5. The highest BCUT2D eigenvalue weighted by molar-refractivity contribution is 7.89. The van der Waals surface area contributed by atoms with Crippen molar-refractivity contribution in [2.45, 2.75) is 11.8 Å². The van der Waals surface area contributed by atoms with Gasteiger partial charge in [0.05, 0.1) is 27.5 Å². The number of fused-ring (bicyclic) bond motifs is 1. The Hall–Kier alpha value is -3.53. The summed E-state index contributed by atoms with van der Waals surface area (Å²) >= 11 is 6.25. The number of imidazole rings is 1. The van der Waals surface area contributed by atoms with Crippen molar-refractivity contribution in [3.05, 3.63) is 77.3 Å². The number of sulfonamides is 1. The molecule has 0 aliphatic carbocycles. The smallest absolute Gasteiger partial charge is 0.243 e. The second kappa shape index (κ2) is 9.38. The number of rotatable bonds is 7. The summed E-state index contributed by atoms with van der Waals surface area (Å²) in [7, 11) is -2.58. The van der Waals surface area contributed by atoms with Crippen LogP contribution in [0.25, 0.3) is 22.4 Å². The standard InChI is InChI=1S/C24H21ClN4O4S/c1-15(30)16-7-10-18(11-8-16)34(32,33)29(2)14-23(31)26-17-9-12-21-22(13-17)28-24(27-21)19-5-3-4-6-20(19)25/h3-13H,14H2,1-2H3,(H,26,31)(H,27,28). The maximum atomic E-state index is 12.8. The average Bonchev–Trinajstić information content (AvgIpc) is 3.22. The molecule has 1 amide bonds. The molecule has 10 heteroatoms. The fourth-order valence-corrected chi connectivity index (χ4v) is 4.75. The molecule has 0 unspecified atom stereocenters. The van der Waals surface area contributed by atoms with Crippen LogP contribution in [-0.4, -0.2) is 48.0 Å². The van der Waals surface area contributed by atoms with Crippen LogP contribution in [0.4, 0.5) is 5.69 Å². The van der Waals surface area contributed by atoms with Gasteiger partial charge in [-0.3, -0.25) is 9.59 Å². The summed E-state index contributed by atoms with van der Waals surface area (Å²) in [6.45, 7) is 1.01. The molecule has 4 aromatic rings. The zero-order valence-corrected chi connectivity index (χ0v) is 19.9. The minimum Gasteiger partial charge on any atom is -0.338 e. The molecule has 0 saturated heterocycles. The maximum Gasteiger partial charge on any atom is 0.243 e. The van der Waals surface area contributed by atoms with Gasteiger partial charge in [-0.05, 0) is 49.4 Å². The van der Waals surface area contributed by atoms with E-state index in [4.69, 9.17) is 11.6 Å². The van der Waals surface area contributed by atoms with E-state index in [9.17, 15) is 18.0 Å². The van der Waals surface area contributed by atoms with E-state index in [0.29, 0.717) is 33.1 Å². The van der Waals surface area contributed by atoms with Gasteiger partial charge in [-0.25, -0.2) is 13.4 Å². The third-order valence-corrected chi connectivity index (χ3v) is 7.38. The summed E-state index contributed by atoms with van der Waals surface area (Å²) in [5, 5.41) is 3.27. The molecule has 1 heterocycles. The van der Waals surface area contributed by atoms with E-state index in [1.54, 1.807) is 24.3 Å². The predicted molar refractivity (Wildman–Crippen MR) is 131 cm³/mol. The molecule has 0 aliphatic heterocycles. The van der Waals surface area contributed by atoms with Crippen LogP contribution in [0, 0.1) is 0 Å². The number of Topliss-reactive ketones (excluding diaryl/α,β-unsaturated/α-hetero) is 1. The van der Waals surface area contributed by atoms with Crippen LogP contribution in [0.15, 0.2) is 71.6 Å². The van der Waals surface area contributed by atoms with Crippen molar-refractivity contribution < 1.29 is 18.0 Å². The first-order chi connectivity index (χ1) is 16.1. The molecule has 174 valence electrons. The van der Waals surface area contributed by atoms with Gasteiger partial charge >= 0.3 is 0 Å². The van der Waals surface area contributed by atoms with Crippen LogP contribution in [0.5, 0.6) is 0 Å². The maximum absolute atomic E-state index is 12.8. The number of ketones is 1. The van der Waals surface area contributed by atoms with Crippen LogP contribution in [0.1, 0.15) is 17.3 Å². The zero-order valence-electron chi connectivity index (χ0n) is 18.4. The van der Waals surface area contributed by atoms with Gasteiger partial charge in [0.25, 0.3) is 0 Å². The minimum absolute atomic E-state index is 0.00113. The normalized spacial score (nSPS) is 11.6. The van der Waals surface area contributed by atoms with Crippen molar-refractivity contribution in [2.75, 3.05) is 18.9 Å². The van der Waals surface area contributed by atoms with Crippen LogP contribution < -0.4 is 5.32 Å². The summed E-state index contributed by atoms with van der Waals surface area (Å²) < 4.78 is 26.5. The summed E-state index contributed by atoms with van der Waals surface area (Å²) in [5.74, 6) is -0.0628. The molecule has 0 bridgehead atoms. The lowest BCUT2D eigenvalue weighted by molar-refractivity contribution is -0.116. The topological polar surface area (TPSA) is 112 Å². The number of nitrogens with zero attached hydrogens (tertiary/aromatic N) is 2. The third kappa shape index (κ3) is 4.86. The molecule has 34 heavy (non-hydrogen) atoms. The average molecular weight is 497 g/mol. The van der Waals surface area contributed by atoms with Gasteiger partial charge in [-0.2, -0.15) is 4.31 Å². The Kier molecular flexibility index (Phi) is 6.52. The number of hydrogen-bond acceptors (Lipinski definition) is 5. The highest BCUT2D eigenvalue weighted by Gasteiger charge is 2.23. The molecule has 4 rings (SSSR count). The molecule has 0 atom stereocenters. The Morgan fingerprint density at radius 2 is 1.76 bits per heavy atom. The van der Waals surface area contributed by atoms with E-state index >= 15 is 0 Å². The van der Waals surface area contributed by atoms with E-state index in [-0.39, 0.29) is 17.2 Å². The Morgan fingerprint density at radius 1 is 1.06 bits per heavy atom. The van der Waals surface area contributed by atoms with E-state index in [1.165, 1.54) is 38.2 Å². The molecule has 2 N–H and O–H groups in total. The third-order valence-electron chi connectivity index (χ3n) is 5.23. The molecule has 0 aliphatic rings. The van der Waals surface area contributed by atoms with E-state index in [0.717, 1.165) is 9.87 Å². The summed E-state index contributed by atoms with van der Waals surface area (Å²) in [6.07, 6.45) is 0. The van der Waals surface area contributed by atoms with Gasteiger partial charge < -0.3 is 10.3 Å². The van der Waals surface area contributed by atoms with Gasteiger partial charge in [-0.15, -0.1) is 0 Å². The first kappa shape index (κ1) is 23.6. The van der Waals surface area contributed by atoms with Crippen LogP contribution in [0.2, 0.25) is 5.02 Å². The number of aromatic nitrogens is 2. The van der Waals surface area contributed by atoms with Crippen LogP contribution >= 0.6 is 11.6 Å². The molecule has 0 fully saturated rings. The van der Waals surface area contributed by atoms with Crippen molar-refractivity contribution in [2.24, 2.45) is 0 Å². The fraction of sp³-hybridized carbons (Fsp3) is 0.125. The monoisotopic (exact) mass is 496 g/mol. The first-order valence-electron chi connectivity index (χ1n) is 10.3. The summed E-state index contributed by atoms with van der Waals surface area (Å²) in [4.78, 5) is 31.7. The second-order valence-corrected chi connectivity index (χ2v) is 10.1. The first-order valence-corrected chi connectivity index (χ1v) is 12.1. The fourth-order valence-electron chi connectivity index (χ4n) is 3.40. The number of halogens is 1. The van der Waals surface area contributed by atoms with Gasteiger partial charge in [-0.1, -0.05) is 35.9 Å². The van der Waals surface area contributed by atoms with Gasteiger partial charge in [0, 0.05) is 23.9 Å². The zero-order chi connectivity index (χ0) is 24.5. The summed E-state index contributed by atoms with van der Waals surface area (Å²) in [6, 6.07) is 18.1. The number of hydrogen-bond donors (Lipinski definition) is 2. The van der Waals surface area contributed by atoms with Crippen molar-refractivity contribution in [3.63, 3.8) is 0 Å². The predicted octanol–water partition coefficient (Wildman–Crippen LogP) is 4.35. The number of anilines is 1. The summed E-state index contributed by atoms with van der Waals surface area (Å²) in [5.41, 5.74) is 3.05. The van der Waals surface area contributed by atoms with E-state index in [2.05, 4.69) is 15.3 Å². The second-order valence-electron chi connectivity index (χ2n) is 7.69. The van der Waals surface area contributed by atoms with Crippen LogP contribution in [0.3, 0.4) is 0 Å². The van der Waals surface area contributed by atoms with E-state index < -0.39 is 15.9 Å². The number of benzene rings is 3. The number of carbonyl (C=O) groups excluding carboxylic acids is 2. The van der Waals surface area contributed by atoms with Crippen molar-refractivity contribution in [1.29, 1.82) is 0 Å². The van der Waals surface area contributed by atoms with Crippen molar-refractivity contribution >= 4 is 50.0 Å². The number of H-pyrrole nitrogens is 1. The molecule has 0 saturated carbocycles. The lowest BCUT2D eigenvalue weighted by atomic mass is 10.2. The number of nitrogens with one attached hydrogen (secondary N) is 2. The molecular weight excluding hydrogens is 476 g/mol. The Morgan fingerprint density at radius 3 is 2.44 bits per heavy atom. The number of carbonyl (C=O) groups is 2. The molecule has 8 nitrogen and oxygen atoms in total. The van der Waals surface area contributed by atoms with Gasteiger partial charge in [0.2, 0.25) is 15.9 Å². The Bertz CT molecular complexity index is 1500. The van der Waals surface area contributed by atoms with Crippen molar-refractivity contribution in [1.82, 2.24) is 14.3 Å². The highest BCUT2D eigenvalue weighted by Crippen LogP contribution is 2.28. The number of likely N-dealkylation sites (N-methyl/N-ethyl adjacent to an activating group) is 1. The Balaban J connectivity index is 1.47. The number of amides is 1. The molecule has 3 aromatic carbocycles. The molecular formula is C24H21ClN4O4S. The van der Waals surface area contributed by atoms with Crippen molar-refractivity contribution in [3.8, 4) is 11.4 Å². The largest absolute Gasteiger partial charge is 0.338 e. The van der Waals surface area contributed by atoms with Gasteiger partial charge in [0.1, 0.15) is 5.82 Å². The number of aromatic amines is 1. The van der Waals surface area contributed by atoms with Gasteiger partial charge in [0.15, 0.2) is 5.78 Å².